The van der Waals surface area contributed by atoms with Gasteiger partial charge in [0.05, 0.1) is 25.8 Å². The van der Waals surface area contributed by atoms with Crippen LogP contribution < -0.4 is 0 Å². The minimum absolute atomic E-state index is 0.182. The number of esters is 1. The molecule has 0 heterocycles. The van der Waals surface area contributed by atoms with Crippen molar-refractivity contribution in [2.75, 3.05) is 26.7 Å². The van der Waals surface area contributed by atoms with E-state index in [9.17, 15) is 4.79 Å². The molecule has 0 aromatic carbocycles. The van der Waals surface area contributed by atoms with Crippen LogP contribution in [0.3, 0.4) is 0 Å². The maximum atomic E-state index is 10.8. The van der Waals surface area contributed by atoms with Crippen LogP contribution in [-0.2, 0) is 9.53 Å². The van der Waals surface area contributed by atoms with E-state index in [1.54, 1.807) is 18.9 Å². The Balaban J connectivity index is 3.50. The van der Waals surface area contributed by atoms with Gasteiger partial charge in [0.15, 0.2) is 0 Å². The van der Waals surface area contributed by atoms with Gasteiger partial charge in [-0.15, -0.1) is 0 Å². The second kappa shape index (κ2) is 5.69. The SMILES string of the molecule is CCOC(=O)CN(C)CC#N. The number of carbonyl (C=O) groups is 1. The van der Waals surface area contributed by atoms with Gasteiger partial charge in [0.25, 0.3) is 0 Å². The molecule has 0 aliphatic carbocycles. The fourth-order valence-corrected chi connectivity index (χ4v) is 0.604. The molecule has 0 bridgehead atoms. The lowest BCUT2D eigenvalue weighted by Gasteiger charge is -2.10. The van der Waals surface area contributed by atoms with Crippen LogP contribution in [0.15, 0.2) is 0 Å². The van der Waals surface area contributed by atoms with Crippen LogP contribution >= 0.6 is 0 Å². The second-order valence-electron chi connectivity index (χ2n) is 2.14. The van der Waals surface area contributed by atoms with Crippen molar-refractivity contribution in [3.8, 4) is 6.07 Å². The lowest BCUT2D eigenvalue weighted by molar-refractivity contribution is -0.143. The molecule has 4 nitrogen and oxygen atoms in total. The molecule has 11 heavy (non-hydrogen) atoms. The zero-order chi connectivity index (χ0) is 8.69. The fourth-order valence-electron chi connectivity index (χ4n) is 0.604. The van der Waals surface area contributed by atoms with Crippen molar-refractivity contribution < 1.29 is 9.53 Å². The normalized spacial score (nSPS) is 9.27. The molecule has 0 saturated carbocycles. The number of carbonyl (C=O) groups excluding carboxylic acids is 1. The number of nitriles is 1. The third kappa shape index (κ3) is 5.37. The van der Waals surface area contributed by atoms with Crippen LogP contribution in [-0.4, -0.2) is 37.6 Å². The summed E-state index contributed by atoms with van der Waals surface area (Å²) >= 11 is 0. The minimum atomic E-state index is -0.287. The van der Waals surface area contributed by atoms with E-state index in [2.05, 4.69) is 4.74 Å². The van der Waals surface area contributed by atoms with Gasteiger partial charge < -0.3 is 4.74 Å². The Labute approximate surface area is 66.4 Å². The highest BCUT2D eigenvalue weighted by molar-refractivity contribution is 5.71. The summed E-state index contributed by atoms with van der Waals surface area (Å²) in [5.74, 6) is -0.287. The largest absolute Gasteiger partial charge is 0.465 e. The monoisotopic (exact) mass is 156 g/mol. The smallest absolute Gasteiger partial charge is 0.320 e. The highest BCUT2D eigenvalue weighted by Crippen LogP contribution is 1.83. The van der Waals surface area contributed by atoms with Crippen LogP contribution in [0.1, 0.15) is 6.92 Å². The first-order valence-electron chi connectivity index (χ1n) is 3.41. The standard InChI is InChI=1S/C7H12N2O2/c1-3-11-7(10)6-9(2)5-4-8/h3,5-6H2,1-2H3. The lowest BCUT2D eigenvalue weighted by atomic mass is 10.5. The van der Waals surface area contributed by atoms with E-state index in [0.717, 1.165) is 0 Å². The summed E-state index contributed by atoms with van der Waals surface area (Å²) in [6.07, 6.45) is 0. The van der Waals surface area contributed by atoms with E-state index in [0.29, 0.717) is 6.61 Å². The van der Waals surface area contributed by atoms with Crippen molar-refractivity contribution in [1.82, 2.24) is 4.90 Å². The zero-order valence-corrected chi connectivity index (χ0v) is 6.83. The van der Waals surface area contributed by atoms with Crippen LogP contribution in [0.2, 0.25) is 0 Å². The average molecular weight is 156 g/mol. The third-order valence-corrected chi connectivity index (χ3v) is 1.04. The van der Waals surface area contributed by atoms with E-state index in [4.69, 9.17) is 5.26 Å². The molecule has 62 valence electrons. The molecule has 0 rings (SSSR count). The van der Waals surface area contributed by atoms with Crippen LogP contribution in [0, 0.1) is 11.3 Å². The molecule has 0 saturated heterocycles. The molecule has 0 fully saturated rings. The molecule has 0 aliphatic rings. The van der Waals surface area contributed by atoms with Crippen molar-refractivity contribution in [3.05, 3.63) is 0 Å². The van der Waals surface area contributed by atoms with Crippen molar-refractivity contribution in [3.63, 3.8) is 0 Å². The predicted octanol–water partition coefficient (Wildman–Crippen LogP) is 0.00488. The Morgan fingerprint density at radius 3 is 2.82 bits per heavy atom. The van der Waals surface area contributed by atoms with E-state index >= 15 is 0 Å². The van der Waals surface area contributed by atoms with E-state index in [1.807, 2.05) is 6.07 Å². The summed E-state index contributed by atoms with van der Waals surface area (Å²) in [7, 11) is 1.69. The quantitative estimate of drug-likeness (QED) is 0.425. The van der Waals surface area contributed by atoms with Gasteiger partial charge in [-0.05, 0) is 14.0 Å². The Morgan fingerprint density at radius 2 is 2.36 bits per heavy atom. The van der Waals surface area contributed by atoms with Crippen molar-refractivity contribution >= 4 is 5.97 Å². The summed E-state index contributed by atoms with van der Waals surface area (Å²) < 4.78 is 4.67. The highest BCUT2D eigenvalue weighted by Gasteiger charge is 2.04. The van der Waals surface area contributed by atoms with Gasteiger partial charge in [0.1, 0.15) is 0 Å². The molecular formula is C7H12N2O2. The van der Waals surface area contributed by atoms with Crippen LogP contribution in [0.25, 0.3) is 0 Å². The molecule has 0 aliphatic heterocycles. The number of ether oxygens (including phenoxy) is 1. The Morgan fingerprint density at radius 1 is 1.73 bits per heavy atom. The predicted molar refractivity (Wildman–Crippen MR) is 39.7 cm³/mol. The van der Waals surface area contributed by atoms with Gasteiger partial charge in [0.2, 0.25) is 0 Å². The lowest BCUT2D eigenvalue weighted by Crippen LogP contribution is -2.27. The first-order valence-corrected chi connectivity index (χ1v) is 3.41. The molecular weight excluding hydrogens is 144 g/mol. The molecule has 0 unspecified atom stereocenters. The Hall–Kier alpha value is -1.08. The Kier molecular flexibility index (Phi) is 5.13. The molecule has 0 N–H and O–H groups in total. The highest BCUT2D eigenvalue weighted by atomic mass is 16.5. The summed E-state index contributed by atoms with van der Waals surface area (Å²) in [5, 5.41) is 8.24. The maximum absolute atomic E-state index is 10.8. The number of likely N-dealkylation sites (N-methyl/N-ethyl adjacent to an activating group) is 1. The Bertz CT molecular complexity index is 162. The van der Waals surface area contributed by atoms with Crippen LogP contribution in [0.5, 0.6) is 0 Å². The molecule has 0 atom stereocenters. The van der Waals surface area contributed by atoms with Gasteiger partial charge in [-0.3, -0.25) is 9.69 Å². The molecule has 0 amide bonds. The summed E-state index contributed by atoms with van der Waals surface area (Å²) in [5.41, 5.74) is 0. The first-order chi connectivity index (χ1) is 5.20. The van der Waals surface area contributed by atoms with Gasteiger partial charge in [-0.25, -0.2) is 0 Å². The topological polar surface area (TPSA) is 53.3 Å². The van der Waals surface area contributed by atoms with E-state index in [-0.39, 0.29) is 19.1 Å². The number of hydrogen-bond donors (Lipinski definition) is 0. The molecule has 0 radical (unpaired) electrons. The number of nitrogens with zero attached hydrogens (tertiary/aromatic N) is 2. The van der Waals surface area contributed by atoms with E-state index < -0.39 is 0 Å². The molecule has 4 heteroatoms. The van der Waals surface area contributed by atoms with Gasteiger partial charge >= 0.3 is 5.97 Å². The summed E-state index contributed by atoms with van der Waals surface area (Å²) in [4.78, 5) is 12.4. The first kappa shape index (κ1) is 9.92. The van der Waals surface area contributed by atoms with Crippen molar-refractivity contribution in [1.29, 1.82) is 5.26 Å². The van der Waals surface area contributed by atoms with Crippen LogP contribution in [0.4, 0.5) is 0 Å². The molecule has 0 spiro atoms. The van der Waals surface area contributed by atoms with Gasteiger partial charge in [-0.1, -0.05) is 0 Å². The fraction of sp³-hybridized carbons (Fsp3) is 0.714. The van der Waals surface area contributed by atoms with Gasteiger partial charge in [0, 0.05) is 0 Å². The third-order valence-electron chi connectivity index (χ3n) is 1.04. The van der Waals surface area contributed by atoms with E-state index in [1.165, 1.54) is 0 Å². The summed E-state index contributed by atoms with van der Waals surface area (Å²) in [6.45, 7) is 2.57. The number of hydrogen-bond acceptors (Lipinski definition) is 4. The maximum Gasteiger partial charge on any atom is 0.320 e. The molecule has 0 aromatic heterocycles. The summed E-state index contributed by atoms with van der Waals surface area (Å²) in [6, 6.07) is 1.93. The molecule has 0 aromatic rings. The van der Waals surface area contributed by atoms with Crippen molar-refractivity contribution in [2.45, 2.75) is 6.92 Å². The van der Waals surface area contributed by atoms with Crippen molar-refractivity contribution in [2.24, 2.45) is 0 Å². The van der Waals surface area contributed by atoms with Gasteiger partial charge in [-0.2, -0.15) is 5.26 Å². The minimum Gasteiger partial charge on any atom is -0.465 e. The zero-order valence-electron chi connectivity index (χ0n) is 6.83. The average Bonchev–Trinajstić information content (AvgIpc) is 1.87. The number of rotatable bonds is 4. The second-order valence-corrected chi connectivity index (χ2v) is 2.14.